The quantitative estimate of drug-likeness (QED) is 0.822. The van der Waals surface area contributed by atoms with Crippen LogP contribution in [0.3, 0.4) is 0 Å². The second-order valence-corrected chi connectivity index (χ2v) is 3.99. The minimum Gasteiger partial charge on any atom is -0.395 e. The van der Waals surface area contributed by atoms with Crippen molar-refractivity contribution in [3.8, 4) is 6.07 Å². The van der Waals surface area contributed by atoms with Gasteiger partial charge in [0.05, 0.1) is 16.8 Å². The van der Waals surface area contributed by atoms with Gasteiger partial charge in [-0.1, -0.05) is 0 Å². The number of benzene rings is 1. The van der Waals surface area contributed by atoms with E-state index in [9.17, 15) is 0 Å². The minimum absolute atomic E-state index is 0.101. The number of rotatable bonds is 3. The predicted octanol–water partition coefficient (Wildman–Crippen LogP) is 1.57. The van der Waals surface area contributed by atoms with Crippen LogP contribution in [0.1, 0.15) is 5.01 Å². The molecule has 2 aromatic rings. The van der Waals surface area contributed by atoms with Crippen LogP contribution in [0.25, 0.3) is 10.2 Å². The molecule has 0 aliphatic rings. The van der Waals surface area contributed by atoms with Gasteiger partial charge in [-0.2, -0.15) is 5.26 Å². The van der Waals surface area contributed by atoms with E-state index in [-0.39, 0.29) is 6.61 Å². The smallest absolute Gasteiger partial charge is 0.195 e. The SMILES string of the molecule is N#Cc1nc2ccc(NCCO)cc2s1. The third-order valence-electron chi connectivity index (χ3n) is 1.93. The summed E-state index contributed by atoms with van der Waals surface area (Å²) < 4.78 is 0.981. The van der Waals surface area contributed by atoms with Crippen LogP contribution in [-0.2, 0) is 0 Å². The number of anilines is 1. The molecule has 0 spiro atoms. The summed E-state index contributed by atoms with van der Waals surface area (Å²) in [6, 6.07) is 7.72. The predicted molar refractivity (Wildman–Crippen MR) is 59.9 cm³/mol. The molecule has 76 valence electrons. The lowest BCUT2D eigenvalue weighted by molar-refractivity contribution is 0.311. The maximum atomic E-state index is 8.70. The fourth-order valence-corrected chi connectivity index (χ4v) is 2.08. The highest BCUT2D eigenvalue weighted by molar-refractivity contribution is 7.19. The molecule has 0 atom stereocenters. The molecule has 5 heteroatoms. The molecule has 0 aliphatic heterocycles. The summed E-state index contributed by atoms with van der Waals surface area (Å²) in [4.78, 5) is 4.13. The zero-order chi connectivity index (χ0) is 10.7. The van der Waals surface area contributed by atoms with Gasteiger partial charge >= 0.3 is 0 Å². The summed E-state index contributed by atoms with van der Waals surface area (Å²) in [7, 11) is 0. The van der Waals surface area contributed by atoms with E-state index in [2.05, 4.69) is 10.3 Å². The van der Waals surface area contributed by atoms with Crippen molar-refractivity contribution in [1.29, 1.82) is 5.26 Å². The maximum absolute atomic E-state index is 8.70. The Morgan fingerprint density at radius 2 is 2.40 bits per heavy atom. The third-order valence-corrected chi connectivity index (χ3v) is 2.85. The number of thiazole rings is 1. The van der Waals surface area contributed by atoms with E-state index >= 15 is 0 Å². The maximum Gasteiger partial charge on any atom is 0.195 e. The molecule has 0 aliphatic carbocycles. The van der Waals surface area contributed by atoms with Gasteiger partial charge in [0.1, 0.15) is 6.07 Å². The van der Waals surface area contributed by atoms with Crippen molar-refractivity contribution in [3.63, 3.8) is 0 Å². The molecule has 0 radical (unpaired) electrons. The number of nitrogens with zero attached hydrogens (tertiary/aromatic N) is 2. The highest BCUT2D eigenvalue weighted by Gasteiger charge is 2.03. The van der Waals surface area contributed by atoms with Crippen molar-refractivity contribution >= 4 is 27.2 Å². The molecule has 0 amide bonds. The van der Waals surface area contributed by atoms with E-state index < -0.39 is 0 Å². The molecule has 0 saturated carbocycles. The number of hydrogen-bond acceptors (Lipinski definition) is 5. The van der Waals surface area contributed by atoms with Crippen LogP contribution in [0, 0.1) is 11.3 Å². The van der Waals surface area contributed by atoms with E-state index in [1.807, 2.05) is 24.3 Å². The Kier molecular flexibility index (Phi) is 2.81. The van der Waals surface area contributed by atoms with Gasteiger partial charge in [0.25, 0.3) is 0 Å². The first-order valence-corrected chi connectivity index (χ1v) is 5.30. The minimum atomic E-state index is 0.101. The van der Waals surface area contributed by atoms with Crippen LogP contribution in [0.2, 0.25) is 0 Å². The van der Waals surface area contributed by atoms with Crippen molar-refractivity contribution in [3.05, 3.63) is 23.2 Å². The molecule has 4 nitrogen and oxygen atoms in total. The van der Waals surface area contributed by atoms with Crippen LogP contribution >= 0.6 is 11.3 Å². The summed E-state index contributed by atoms with van der Waals surface area (Å²) in [6.45, 7) is 0.625. The first-order valence-electron chi connectivity index (χ1n) is 4.49. The van der Waals surface area contributed by atoms with Crippen LogP contribution in [0.15, 0.2) is 18.2 Å². The molecule has 15 heavy (non-hydrogen) atoms. The number of aliphatic hydroxyl groups excluding tert-OH is 1. The lowest BCUT2D eigenvalue weighted by atomic mass is 10.3. The van der Waals surface area contributed by atoms with Gasteiger partial charge < -0.3 is 10.4 Å². The number of nitriles is 1. The van der Waals surface area contributed by atoms with E-state index in [1.54, 1.807) is 0 Å². The molecule has 1 aromatic heterocycles. The van der Waals surface area contributed by atoms with E-state index in [1.165, 1.54) is 11.3 Å². The average molecular weight is 219 g/mol. The van der Waals surface area contributed by atoms with Crippen LogP contribution < -0.4 is 5.32 Å². The Morgan fingerprint density at radius 3 is 3.13 bits per heavy atom. The molecule has 2 N–H and O–H groups in total. The van der Waals surface area contributed by atoms with Gasteiger partial charge in [-0.05, 0) is 18.2 Å². The molecule has 0 saturated heterocycles. The van der Waals surface area contributed by atoms with Crippen LogP contribution in [0.5, 0.6) is 0 Å². The molecule has 2 rings (SSSR count). The monoisotopic (exact) mass is 219 g/mol. The number of fused-ring (bicyclic) bond motifs is 1. The van der Waals surface area contributed by atoms with E-state index in [0.29, 0.717) is 11.6 Å². The van der Waals surface area contributed by atoms with Gasteiger partial charge in [-0.15, -0.1) is 11.3 Å². The summed E-state index contributed by atoms with van der Waals surface area (Å²) in [6.07, 6.45) is 0. The first-order chi connectivity index (χ1) is 7.33. The van der Waals surface area contributed by atoms with Gasteiger partial charge in [0.2, 0.25) is 0 Å². The molecular formula is C10H9N3OS. The number of nitrogens with one attached hydrogen (secondary N) is 1. The Bertz CT molecular complexity index is 515. The first kappa shape index (κ1) is 9.90. The fraction of sp³-hybridized carbons (Fsp3) is 0.200. The standard InChI is InChI=1S/C10H9N3OS/c11-6-10-13-8-2-1-7(12-3-4-14)5-9(8)15-10/h1-2,5,12,14H,3-4H2. The largest absolute Gasteiger partial charge is 0.395 e. The molecule has 0 fully saturated rings. The lowest BCUT2D eigenvalue weighted by Gasteiger charge is -2.02. The van der Waals surface area contributed by atoms with Crippen molar-refractivity contribution in [2.75, 3.05) is 18.5 Å². The highest BCUT2D eigenvalue weighted by Crippen LogP contribution is 2.24. The van der Waals surface area contributed by atoms with E-state index in [0.717, 1.165) is 15.9 Å². The normalized spacial score (nSPS) is 10.1. The van der Waals surface area contributed by atoms with Crippen molar-refractivity contribution < 1.29 is 5.11 Å². The fourth-order valence-electron chi connectivity index (χ4n) is 1.28. The topological polar surface area (TPSA) is 68.9 Å². The zero-order valence-electron chi connectivity index (χ0n) is 7.90. The third kappa shape index (κ3) is 2.06. The summed E-state index contributed by atoms with van der Waals surface area (Å²) in [5.41, 5.74) is 1.77. The van der Waals surface area contributed by atoms with Crippen molar-refractivity contribution in [2.45, 2.75) is 0 Å². The van der Waals surface area contributed by atoms with Crippen LogP contribution in [-0.4, -0.2) is 23.2 Å². The molecule has 1 heterocycles. The highest BCUT2D eigenvalue weighted by atomic mass is 32.1. The second kappa shape index (κ2) is 4.26. The summed E-state index contributed by atoms with van der Waals surface area (Å²) in [5.74, 6) is 0. The molecule has 1 aromatic carbocycles. The number of aromatic nitrogens is 1. The van der Waals surface area contributed by atoms with Gasteiger partial charge in [-0.25, -0.2) is 4.98 Å². The van der Waals surface area contributed by atoms with Gasteiger partial charge in [0.15, 0.2) is 5.01 Å². The zero-order valence-corrected chi connectivity index (χ0v) is 8.71. The number of hydrogen-bond donors (Lipinski definition) is 2. The van der Waals surface area contributed by atoms with Crippen molar-refractivity contribution in [1.82, 2.24) is 4.98 Å². The summed E-state index contributed by atoms with van der Waals surface area (Å²) >= 11 is 1.37. The Balaban J connectivity index is 2.34. The Labute approximate surface area is 90.8 Å². The van der Waals surface area contributed by atoms with Gasteiger partial charge in [-0.3, -0.25) is 0 Å². The Morgan fingerprint density at radius 1 is 1.53 bits per heavy atom. The molecule has 0 unspecified atom stereocenters. The van der Waals surface area contributed by atoms with E-state index in [4.69, 9.17) is 10.4 Å². The van der Waals surface area contributed by atoms with Crippen molar-refractivity contribution in [2.24, 2.45) is 0 Å². The molecular weight excluding hydrogens is 210 g/mol. The molecule has 0 bridgehead atoms. The second-order valence-electron chi connectivity index (χ2n) is 2.96. The Hall–Kier alpha value is -1.64. The van der Waals surface area contributed by atoms with Gasteiger partial charge in [0, 0.05) is 12.2 Å². The number of aliphatic hydroxyl groups is 1. The van der Waals surface area contributed by atoms with Crippen LogP contribution in [0.4, 0.5) is 5.69 Å². The lowest BCUT2D eigenvalue weighted by Crippen LogP contribution is -2.04. The average Bonchev–Trinajstić information content (AvgIpc) is 2.68. The summed E-state index contributed by atoms with van der Waals surface area (Å²) in [5, 5.41) is 20.9.